The molecule has 9 nitrogen and oxygen atoms in total. The highest BCUT2D eigenvalue weighted by Crippen LogP contribution is 2.39. The van der Waals surface area contributed by atoms with Crippen LogP contribution < -0.4 is 25.2 Å². The third-order valence-corrected chi connectivity index (χ3v) is 7.83. The molecule has 3 aliphatic rings. The van der Waals surface area contributed by atoms with E-state index < -0.39 is 5.92 Å². The van der Waals surface area contributed by atoms with Gasteiger partial charge < -0.3 is 30.1 Å². The summed E-state index contributed by atoms with van der Waals surface area (Å²) in [7, 11) is 5.28. The Hall–Kier alpha value is -3.21. The van der Waals surface area contributed by atoms with Gasteiger partial charge in [0.2, 0.25) is 5.95 Å². The van der Waals surface area contributed by atoms with Gasteiger partial charge in [-0.2, -0.15) is 4.98 Å². The summed E-state index contributed by atoms with van der Waals surface area (Å²) in [6.45, 7) is 1.18. The van der Waals surface area contributed by atoms with Gasteiger partial charge in [0.1, 0.15) is 5.75 Å². The third-order valence-electron chi connectivity index (χ3n) is 7.83. The number of piperidine rings is 1. The highest BCUT2D eigenvalue weighted by Gasteiger charge is 2.41. The van der Waals surface area contributed by atoms with E-state index in [1.54, 1.807) is 36.3 Å². The van der Waals surface area contributed by atoms with Crippen molar-refractivity contribution in [1.82, 2.24) is 20.2 Å². The molecule has 2 fully saturated rings. The number of fused-ring (bicyclic) bond motifs is 1. The van der Waals surface area contributed by atoms with Crippen LogP contribution in [-0.2, 0) is 0 Å². The Bertz CT molecular complexity index is 1150. The lowest BCUT2D eigenvalue weighted by atomic mass is 10.0. The molecular formula is C27H37F2N7O2. The number of methoxy groups -OCH3 is 1. The van der Waals surface area contributed by atoms with Crippen LogP contribution >= 0.6 is 0 Å². The Labute approximate surface area is 222 Å². The summed E-state index contributed by atoms with van der Waals surface area (Å²) >= 11 is 0. The molecule has 1 aromatic heterocycles. The van der Waals surface area contributed by atoms with Crippen LogP contribution in [-0.4, -0.2) is 86.2 Å². The number of alkyl halides is 2. The van der Waals surface area contributed by atoms with Gasteiger partial charge in [0.25, 0.3) is 11.8 Å². The molecule has 206 valence electrons. The minimum Gasteiger partial charge on any atom is -0.495 e. The minimum absolute atomic E-state index is 0.0331. The van der Waals surface area contributed by atoms with E-state index in [-0.39, 0.29) is 37.0 Å². The van der Waals surface area contributed by atoms with Gasteiger partial charge in [-0.3, -0.25) is 4.79 Å². The lowest BCUT2D eigenvalue weighted by Crippen LogP contribution is -2.44. The number of hydrogen-bond acceptors (Lipinski definition) is 8. The van der Waals surface area contributed by atoms with E-state index in [0.29, 0.717) is 28.5 Å². The fourth-order valence-corrected chi connectivity index (χ4v) is 5.71. The quantitative estimate of drug-likeness (QED) is 0.583. The van der Waals surface area contributed by atoms with Gasteiger partial charge >= 0.3 is 0 Å². The summed E-state index contributed by atoms with van der Waals surface area (Å²) in [6.07, 6.45) is 7.26. The zero-order chi connectivity index (χ0) is 26.9. The number of nitrogens with zero attached hydrogens (tertiary/aromatic N) is 5. The maximum Gasteiger partial charge on any atom is 0.282 e. The first-order valence-electron chi connectivity index (χ1n) is 13.4. The summed E-state index contributed by atoms with van der Waals surface area (Å²) in [5, 5.41) is 6.30. The number of hydrogen-bond donors (Lipinski definition) is 2. The average Bonchev–Trinajstić information content (AvgIpc) is 3.40. The Morgan fingerprint density at radius 2 is 1.84 bits per heavy atom. The van der Waals surface area contributed by atoms with Crippen LogP contribution in [0.1, 0.15) is 48.9 Å². The second-order valence-electron chi connectivity index (χ2n) is 10.8. The summed E-state index contributed by atoms with van der Waals surface area (Å²) in [5.41, 5.74) is 1.68. The summed E-state index contributed by atoms with van der Waals surface area (Å²) in [4.78, 5) is 27.6. The van der Waals surface area contributed by atoms with Crippen LogP contribution in [0.4, 0.5) is 31.9 Å². The molecular weight excluding hydrogens is 492 g/mol. The van der Waals surface area contributed by atoms with Crippen LogP contribution in [0.15, 0.2) is 24.4 Å². The lowest BCUT2D eigenvalue weighted by Gasteiger charge is -2.31. The van der Waals surface area contributed by atoms with Gasteiger partial charge in [0.15, 0.2) is 5.82 Å². The van der Waals surface area contributed by atoms with E-state index in [1.807, 2.05) is 0 Å². The van der Waals surface area contributed by atoms with Crippen molar-refractivity contribution >= 4 is 29.0 Å². The Balaban J connectivity index is 1.37. The third kappa shape index (κ3) is 5.77. The maximum absolute atomic E-state index is 14.8. The number of rotatable bonds is 6. The van der Waals surface area contributed by atoms with Gasteiger partial charge in [-0.15, -0.1) is 0 Å². The fourth-order valence-electron chi connectivity index (χ4n) is 5.71. The first kappa shape index (κ1) is 26.4. The van der Waals surface area contributed by atoms with Crippen LogP contribution in [0.3, 0.4) is 0 Å². The van der Waals surface area contributed by atoms with Crippen molar-refractivity contribution in [2.45, 2.75) is 56.5 Å². The number of ether oxygens (including phenoxy) is 1. The highest BCUT2D eigenvalue weighted by molar-refractivity contribution is 5.95. The molecule has 38 heavy (non-hydrogen) atoms. The van der Waals surface area contributed by atoms with Crippen molar-refractivity contribution in [1.29, 1.82) is 0 Å². The Morgan fingerprint density at radius 1 is 1.11 bits per heavy atom. The van der Waals surface area contributed by atoms with Crippen LogP contribution in [0.2, 0.25) is 0 Å². The van der Waals surface area contributed by atoms with Gasteiger partial charge in [0.05, 0.1) is 37.8 Å². The van der Waals surface area contributed by atoms with Gasteiger partial charge in [-0.05, 0) is 64.0 Å². The molecule has 0 spiro atoms. The molecule has 3 heterocycles. The number of halogens is 2. The number of anilines is 4. The zero-order valence-corrected chi connectivity index (χ0v) is 22.3. The van der Waals surface area contributed by atoms with Gasteiger partial charge in [0, 0.05) is 24.7 Å². The van der Waals surface area contributed by atoms with E-state index in [1.165, 1.54) is 12.0 Å². The summed E-state index contributed by atoms with van der Waals surface area (Å²) in [6, 6.07) is 5.37. The summed E-state index contributed by atoms with van der Waals surface area (Å²) < 4.78 is 35.2. The molecule has 1 saturated heterocycles. The van der Waals surface area contributed by atoms with Crippen molar-refractivity contribution < 1.29 is 18.3 Å². The Morgan fingerprint density at radius 3 is 2.55 bits per heavy atom. The molecule has 0 atom stereocenters. The smallest absolute Gasteiger partial charge is 0.282 e. The van der Waals surface area contributed by atoms with Crippen LogP contribution in [0.25, 0.3) is 0 Å². The molecule has 11 heteroatoms. The first-order valence-corrected chi connectivity index (χ1v) is 13.4. The number of likely N-dealkylation sites (tertiary alicyclic amines) is 1. The number of aromatic nitrogens is 2. The predicted octanol–water partition coefficient (Wildman–Crippen LogP) is 3.89. The molecule has 5 rings (SSSR count). The van der Waals surface area contributed by atoms with Crippen molar-refractivity contribution in [3.8, 4) is 5.75 Å². The monoisotopic (exact) mass is 529 g/mol. The molecule has 1 amide bonds. The molecule has 1 aliphatic carbocycles. The zero-order valence-electron chi connectivity index (χ0n) is 22.3. The van der Waals surface area contributed by atoms with E-state index in [9.17, 15) is 13.6 Å². The highest BCUT2D eigenvalue weighted by atomic mass is 19.3. The molecule has 1 saturated carbocycles. The molecule has 2 N–H and O–H groups in total. The van der Waals surface area contributed by atoms with Crippen molar-refractivity contribution in [2.75, 3.05) is 62.5 Å². The maximum atomic E-state index is 14.8. The topological polar surface area (TPSA) is 85.9 Å². The number of amides is 1. The van der Waals surface area contributed by atoms with Gasteiger partial charge in [-0.1, -0.05) is 12.8 Å². The number of carbonyl (C=O) groups is 1. The fraction of sp³-hybridized carbons (Fsp3) is 0.593. The summed E-state index contributed by atoms with van der Waals surface area (Å²) in [5.74, 6) is -1.73. The first-order chi connectivity index (χ1) is 18.2. The SMILES string of the molecule is COc1cc(C(=O)NC2CCN(C)CC2)ccc1Nc1ncc2c(n1)N(C1CCCC1)CC(F)(F)CN2C. The normalized spacial score (nSPS) is 20.7. The van der Waals surface area contributed by atoms with Crippen LogP contribution in [0.5, 0.6) is 5.75 Å². The van der Waals surface area contributed by atoms with E-state index in [0.717, 1.165) is 51.6 Å². The van der Waals surface area contributed by atoms with Crippen LogP contribution in [0, 0.1) is 0 Å². The molecule has 0 unspecified atom stereocenters. The van der Waals surface area contributed by atoms with Crippen molar-refractivity contribution in [3.63, 3.8) is 0 Å². The minimum atomic E-state index is -2.86. The van der Waals surface area contributed by atoms with Crippen molar-refractivity contribution in [2.24, 2.45) is 0 Å². The number of carbonyl (C=O) groups excluding carboxylic acids is 1. The van der Waals surface area contributed by atoms with E-state index in [2.05, 4.69) is 27.6 Å². The molecule has 0 bridgehead atoms. The lowest BCUT2D eigenvalue weighted by molar-refractivity contribution is 0.0177. The van der Waals surface area contributed by atoms with E-state index in [4.69, 9.17) is 9.72 Å². The second kappa shape index (κ2) is 10.9. The largest absolute Gasteiger partial charge is 0.495 e. The standard InChI is InChI=1S/C27H37F2N7O2/c1-34-12-10-19(11-13-34)31-25(37)18-8-9-21(23(14-18)38-3)32-26-30-15-22-24(33-26)36(20-6-4-5-7-20)17-27(28,29)16-35(22)2/h8-9,14-15,19-20H,4-7,10-13,16-17H2,1-3H3,(H,31,37)(H,30,32,33). The second-order valence-corrected chi connectivity index (χ2v) is 10.8. The average molecular weight is 530 g/mol. The number of benzene rings is 1. The van der Waals surface area contributed by atoms with Crippen molar-refractivity contribution in [3.05, 3.63) is 30.0 Å². The molecule has 0 radical (unpaired) electrons. The van der Waals surface area contributed by atoms with E-state index >= 15 is 0 Å². The molecule has 1 aromatic carbocycles. The molecule has 2 aliphatic heterocycles. The van der Waals surface area contributed by atoms with Gasteiger partial charge in [-0.25, -0.2) is 13.8 Å². The molecule has 2 aromatic rings. The Kier molecular flexibility index (Phi) is 7.56. The predicted molar refractivity (Wildman–Crippen MR) is 144 cm³/mol. The number of nitrogens with one attached hydrogen (secondary N) is 2.